The van der Waals surface area contributed by atoms with E-state index in [1.54, 1.807) is 7.05 Å². The van der Waals surface area contributed by atoms with Crippen LogP contribution in [0.15, 0.2) is 29.1 Å². The number of nitrogens with one attached hydrogen (secondary N) is 1. The molecule has 2 rings (SSSR count). The van der Waals surface area contributed by atoms with Crippen LogP contribution in [0.4, 0.5) is 4.39 Å². The topological polar surface area (TPSA) is 79.2 Å². The average Bonchev–Trinajstić information content (AvgIpc) is 2.43. The number of hydrogen-bond donors (Lipinski definition) is 2. The van der Waals surface area contributed by atoms with Gasteiger partial charge in [0.15, 0.2) is 0 Å². The van der Waals surface area contributed by atoms with Gasteiger partial charge in [-0.3, -0.25) is 9.59 Å². The normalized spacial score (nSPS) is 11.8. The van der Waals surface area contributed by atoms with Gasteiger partial charge >= 0.3 is 0 Å². The van der Waals surface area contributed by atoms with Crippen LogP contribution in [0.2, 0.25) is 0 Å². The Labute approximate surface area is 127 Å². The first-order valence-electron chi connectivity index (χ1n) is 6.24. The van der Waals surface area contributed by atoms with Crippen LogP contribution in [0.3, 0.4) is 0 Å². The largest absolute Gasteiger partial charge is 0.338 e. The van der Waals surface area contributed by atoms with Crippen LogP contribution >= 0.6 is 12.4 Å². The molecular formula is C14H17ClFN3O2. The number of carbonyl (C=O) groups is 1. The first kappa shape index (κ1) is 17.1. The number of likely N-dealkylation sites (N-methyl/N-ethyl adjacent to an activating group) is 1. The molecule has 0 saturated carbocycles. The number of hydrogen-bond acceptors (Lipinski definition) is 3. The number of H-pyrrole nitrogens is 1. The second kappa shape index (κ2) is 6.69. The number of aromatic amines is 1. The Hall–Kier alpha value is -1.92. The number of nitrogens with two attached hydrogens (primary N) is 1. The number of halogens is 2. The zero-order valence-corrected chi connectivity index (χ0v) is 12.5. The Morgan fingerprint density at radius 3 is 2.71 bits per heavy atom. The molecule has 1 atom stereocenters. The molecule has 0 aliphatic carbocycles. The third kappa shape index (κ3) is 3.40. The van der Waals surface area contributed by atoms with Gasteiger partial charge in [0.1, 0.15) is 5.82 Å². The van der Waals surface area contributed by atoms with Crippen molar-refractivity contribution in [3.63, 3.8) is 0 Å². The Kier molecular flexibility index (Phi) is 5.46. The van der Waals surface area contributed by atoms with E-state index in [0.29, 0.717) is 17.4 Å². The van der Waals surface area contributed by atoms with Crippen molar-refractivity contribution in [1.29, 1.82) is 0 Å². The highest BCUT2D eigenvalue weighted by molar-refractivity contribution is 6.05. The van der Waals surface area contributed by atoms with Crippen LogP contribution in [-0.4, -0.2) is 35.4 Å². The lowest BCUT2D eigenvalue weighted by Gasteiger charge is -2.24. The van der Waals surface area contributed by atoms with E-state index < -0.39 is 11.4 Å². The van der Waals surface area contributed by atoms with Crippen LogP contribution in [0.5, 0.6) is 0 Å². The number of pyridine rings is 1. The number of carbonyl (C=O) groups excluding carboxylic acids is 1. The zero-order valence-electron chi connectivity index (χ0n) is 11.7. The Balaban J connectivity index is 0.00000220. The molecule has 3 N–H and O–H groups in total. The fraction of sp³-hybridized carbons (Fsp3) is 0.286. The van der Waals surface area contributed by atoms with Gasteiger partial charge in [-0.15, -0.1) is 12.4 Å². The van der Waals surface area contributed by atoms with Crippen LogP contribution in [0, 0.1) is 5.82 Å². The van der Waals surface area contributed by atoms with Crippen LogP contribution in [0.1, 0.15) is 17.3 Å². The van der Waals surface area contributed by atoms with E-state index in [1.165, 1.54) is 29.2 Å². The number of fused-ring (bicyclic) bond motifs is 1. The fourth-order valence-corrected chi connectivity index (χ4v) is 1.96. The van der Waals surface area contributed by atoms with Crippen molar-refractivity contribution in [2.75, 3.05) is 13.6 Å². The summed E-state index contributed by atoms with van der Waals surface area (Å²) in [6.45, 7) is 2.13. The molecule has 0 fully saturated rings. The molecule has 0 spiro atoms. The van der Waals surface area contributed by atoms with Crippen LogP contribution in [0.25, 0.3) is 10.9 Å². The molecule has 0 aliphatic rings. The Morgan fingerprint density at radius 1 is 1.43 bits per heavy atom. The van der Waals surface area contributed by atoms with E-state index in [-0.39, 0.29) is 29.9 Å². The average molecular weight is 314 g/mol. The third-order valence-corrected chi connectivity index (χ3v) is 3.36. The number of nitrogens with zero attached hydrogens (tertiary/aromatic N) is 1. The van der Waals surface area contributed by atoms with Gasteiger partial charge in [0.05, 0.1) is 11.1 Å². The summed E-state index contributed by atoms with van der Waals surface area (Å²) in [5.41, 5.74) is 5.64. The smallest absolute Gasteiger partial charge is 0.254 e. The lowest BCUT2D eigenvalue weighted by atomic mass is 10.1. The quantitative estimate of drug-likeness (QED) is 0.901. The molecule has 21 heavy (non-hydrogen) atoms. The molecule has 0 aliphatic heterocycles. The van der Waals surface area contributed by atoms with E-state index in [2.05, 4.69) is 4.98 Å². The summed E-state index contributed by atoms with van der Waals surface area (Å²) in [5, 5.41) is 0.507. The molecule has 2 aromatic rings. The van der Waals surface area contributed by atoms with E-state index >= 15 is 0 Å². The van der Waals surface area contributed by atoms with E-state index in [0.717, 1.165) is 0 Å². The van der Waals surface area contributed by atoms with Gasteiger partial charge < -0.3 is 15.6 Å². The molecule has 1 aromatic heterocycles. The van der Waals surface area contributed by atoms with Crippen molar-refractivity contribution >= 4 is 29.2 Å². The number of amides is 1. The number of aromatic nitrogens is 1. The predicted molar refractivity (Wildman–Crippen MR) is 82.4 cm³/mol. The molecule has 1 amide bonds. The number of benzene rings is 1. The lowest BCUT2D eigenvalue weighted by Crippen LogP contribution is -2.40. The monoisotopic (exact) mass is 313 g/mol. The molecule has 114 valence electrons. The molecule has 1 unspecified atom stereocenters. The van der Waals surface area contributed by atoms with Crippen molar-refractivity contribution in [2.24, 2.45) is 5.73 Å². The fourth-order valence-electron chi connectivity index (χ4n) is 1.96. The highest BCUT2D eigenvalue weighted by Gasteiger charge is 2.19. The minimum Gasteiger partial charge on any atom is -0.338 e. The molecule has 0 radical (unpaired) electrons. The molecule has 0 saturated heterocycles. The molecule has 0 bridgehead atoms. The SMILES string of the molecule is CC(CN)N(C)C(=O)c1cc(=O)[nH]c2cc(F)ccc12.Cl. The number of rotatable bonds is 3. The summed E-state index contributed by atoms with van der Waals surface area (Å²) >= 11 is 0. The predicted octanol–water partition coefficient (Wildman–Crippen LogP) is 1.51. The molecule has 7 heteroatoms. The minimum absolute atomic E-state index is 0. The molecule has 1 aromatic carbocycles. The Bertz CT molecular complexity index is 717. The zero-order chi connectivity index (χ0) is 14.9. The summed E-state index contributed by atoms with van der Waals surface area (Å²) in [4.78, 5) is 28.0. The van der Waals surface area contributed by atoms with Gasteiger partial charge in [-0.2, -0.15) is 0 Å². The first-order chi connectivity index (χ1) is 9.43. The van der Waals surface area contributed by atoms with Gasteiger partial charge in [0.25, 0.3) is 5.91 Å². The molecular weight excluding hydrogens is 297 g/mol. The van der Waals surface area contributed by atoms with E-state index in [1.807, 2.05) is 6.92 Å². The first-order valence-corrected chi connectivity index (χ1v) is 6.24. The Morgan fingerprint density at radius 2 is 2.10 bits per heavy atom. The van der Waals surface area contributed by atoms with Crippen LogP contribution < -0.4 is 11.3 Å². The standard InChI is InChI=1S/C14H16FN3O2.ClH/c1-8(7-16)18(2)14(20)11-6-13(19)17-12-5-9(15)3-4-10(11)12;/h3-6,8H,7,16H2,1-2H3,(H,17,19);1H. The van der Waals surface area contributed by atoms with Crippen molar-refractivity contribution in [1.82, 2.24) is 9.88 Å². The van der Waals surface area contributed by atoms with E-state index in [9.17, 15) is 14.0 Å². The lowest BCUT2D eigenvalue weighted by molar-refractivity contribution is 0.0750. The summed E-state index contributed by atoms with van der Waals surface area (Å²) in [6.07, 6.45) is 0. The second-order valence-corrected chi connectivity index (χ2v) is 4.74. The van der Waals surface area contributed by atoms with Gasteiger partial charge in [0.2, 0.25) is 5.56 Å². The molecule has 1 heterocycles. The van der Waals surface area contributed by atoms with Crippen molar-refractivity contribution in [3.8, 4) is 0 Å². The third-order valence-electron chi connectivity index (χ3n) is 3.36. The van der Waals surface area contributed by atoms with E-state index in [4.69, 9.17) is 5.73 Å². The van der Waals surface area contributed by atoms with Gasteiger partial charge in [-0.1, -0.05) is 0 Å². The maximum absolute atomic E-state index is 13.2. The summed E-state index contributed by atoms with van der Waals surface area (Å²) < 4.78 is 13.2. The van der Waals surface area contributed by atoms with Gasteiger partial charge in [-0.25, -0.2) is 4.39 Å². The summed E-state index contributed by atoms with van der Waals surface area (Å²) in [5.74, 6) is -0.785. The summed E-state index contributed by atoms with van der Waals surface area (Å²) in [6, 6.07) is 5.00. The van der Waals surface area contributed by atoms with Crippen molar-refractivity contribution in [3.05, 3.63) is 46.0 Å². The second-order valence-electron chi connectivity index (χ2n) is 4.74. The minimum atomic E-state index is -0.471. The maximum atomic E-state index is 13.2. The maximum Gasteiger partial charge on any atom is 0.254 e. The highest BCUT2D eigenvalue weighted by Crippen LogP contribution is 2.18. The van der Waals surface area contributed by atoms with Crippen molar-refractivity contribution in [2.45, 2.75) is 13.0 Å². The van der Waals surface area contributed by atoms with Gasteiger partial charge in [0, 0.05) is 31.1 Å². The van der Waals surface area contributed by atoms with Gasteiger partial charge in [-0.05, 0) is 25.1 Å². The highest BCUT2D eigenvalue weighted by atomic mass is 35.5. The van der Waals surface area contributed by atoms with Crippen molar-refractivity contribution < 1.29 is 9.18 Å². The van der Waals surface area contributed by atoms with Crippen LogP contribution in [-0.2, 0) is 0 Å². The summed E-state index contributed by atoms with van der Waals surface area (Å²) in [7, 11) is 1.62. The molecule has 5 nitrogen and oxygen atoms in total.